The average molecular weight is 795 g/mol. The van der Waals surface area contributed by atoms with Crippen molar-refractivity contribution in [3.63, 3.8) is 0 Å². The van der Waals surface area contributed by atoms with Crippen LogP contribution < -0.4 is 19.7 Å². The highest BCUT2D eigenvalue weighted by atomic mass is 79.9. The van der Waals surface area contributed by atoms with Gasteiger partial charge in [-0.25, -0.2) is 4.79 Å². The number of halogens is 1. The molecular weight excluding hydrogens is 746 g/mol. The summed E-state index contributed by atoms with van der Waals surface area (Å²) in [7, 11) is 1.95. The Morgan fingerprint density at radius 1 is 0.944 bits per heavy atom. The minimum absolute atomic E-state index is 0.273. The second-order valence-electron chi connectivity index (χ2n) is 13.3. The molecule has 0 aliphatic carbocycles. The molecular formula is C43H48BrN5O5. The Balaban J connectivity index is 1.22. The van der Waals surface area contributed by atoms with E-state index >= 15 is 0 Å². The number of H-pyrrole nitrogens is 1. The van der Waals surface area contributed by atoms with Crippen LogP contribution in [-0.4, -0.2) is 73.8 Å². The number of rotatable bonds is 17. The molecule has 0 atom stereocenters. The Labute approximate surface area is 324 Å². The standard InChI is InChI=1S/C43H48BrN5O5/c1-3-52-43(50)42-35(15-8-25-53-39-16-6-11-30-10-4-5-12-33(30)39)34-13-7-14-36(41(34)49(42)22-9-21-45-2)40-37(28-44)46-47-38(40)29-54-32-19-17-31(18-20-32)48-23-26-51-27-24-48/h4-7,10-14,16-20,45H,3,8-9,15,21-29H2,1-2H3,(H,46,47). The number of nitrogens with zero attached hydrogens (tertiary/aromatic N) is 3. The molecule has 2 N–H and O–H groups in total. The molecule has 0 spiro atoms. The van der Waals surface area contributed by atoms with Crippen molar-refractivity contribution in [3.05, 3.63) is 108 Å². The predicted octanol–water partition coefficient (Wildman–Crippen LogP) is 8.29. The molecule has 282 valence electrons. The lowest BCUT2D eigenvalue weighted by Gasteiger charge is -2.28. The quantitative estimate of drug-likeness (QED) is 0.0541. The number of aromatic amines is 1. The fourth-order valence-electron chi connectivity index (χ4n) is 7.42. The van der Waals surface area contributed by atoms with Crippen LogP contribution in [0.25, 0.3) is 32.8 Å². The Bertz CT molecular complexity index is 2170. The van der Waals surface area contributed by atoms with Gasteiger partial charge in [0, 0.05) is 52.6 Å². The van der Waals surface area contributed by atoms with E-state index in [0.717, 1.165) is 113 Å². The van der Waals surface area contributed by atoms with Gasteiger partial charge in [0.1, 0.15) is 29.5 Å². The van der Waals surface area contributed by atoms with Crippen LogP contribution in [-0.2, 0) is 34.4 Å². The van der Waals surface area contributed by atoms with Crippen LogP contribution in [0.5, 0.6) is 11.5 Å². The number of fused-ring (bicyclic) bond motifs is 2. The molecule has 1 saturated heterocycles. The summed E-state index contributed by atoms with van der Waals surface area (Å²) in [6, 6.07) is 28.9. The van der Waals surface area contributed by atoms with Gasteiger partial charge in [-0.2, -0.15) is 5.10 Å². The van der Waals surface area contributed by atoms with Crippen molar-refractivity contribution in [1.29, 1.82) is 0 Å². The Morgan fingerprint density at radius 3 is 2.52 bits per heavy atom. The molecule has 10 nitrogen and oxygen atoms in total. The number of ether oxygens (including phenoxy) is 4. The molecule has 3 heterocycles. The van der Waals surface area contributed by atoms with Gasteiger partial charge in [-0.05, 0) is 81.1 Å². The zero-order valence-electron chi connectivity index (χ0n) is 31.0. The molecule has 1 aliphatic rings. The van der Waals surface area contributed by atoms with E-state index in [2.05, 4.69) is 84.3 Å². The minimum atomic E-state index is -0.314. The van der Waals surface area contributed by atoms with Crippen LogP contribution in [0.2, 0.25) is 0 Å². The van der Waals surface area contributed by atoms with Gasteiger partial charge in [0.15, 0.2) is 0 Å². The zero-order chi connectivity index (χ0) is 37.3. The maximum Gasteiger partial charge on any atom is 0.355 e. The van der Waals surface area contributed by atoms with Crippen molar-refractivity contribution in [2.24, 2.45) is 0 Å². The van der Waals surface area contributed by atoms with Gasteiger partial charge in [-0.3, -0.25) is 5.10 Å². The third kappa shape index (κ3) is 8.13. The second kappa shape index (κ2) is 18.0. The van der Waals surface area contributed by atoms with E-state index in [-0.39, 0.29) is 19.2 Å². The van der Waals surface area contributed by atoms with Crippen LogP contribution >= 0.6 is 15.9 Å². The van der Waals surface area contributed by atoms with Crippen molar-refractivity contribution in [1.82, 2.24) is 20.1 Å². The van der Waals surface area contributed by atoms with E-state index < -0.39 is 0 Å². The number of alkyl halides is 1. The first kappa shape index (κ1) is 37.5. The summed E-state index contributed by atoms with van der Waals surface area (Å²) in [5, 5.41) is 15.1. The van der Waals surface area contributed by atoms with E-state index in [0.29, 0.717) is 30.6 Å². The van der Waals surface area contributed by atoms with Gasteiger partial charge >= 0.3 is 5.97 Å². The Hall–Kier alpha value is -4.84. The summed E-state index contributed by atoms with van der Waals surface area (Å²) in [4.78, 5) is 16.2. The third-order valence-electron chi connectivity index (χ3n) is 9.95. The van der Waals surface area contributed by atoms with E-state index in [1.54, 1.807) is 0 Å². The van der Waals surface area contributed by atoms with Gasteiger partial charge < -0.3 is 33.7 Å². The van der Waals surface area contributed by atoms with Crippen molar-refractivity contribution in [2.75, 3.05) is 58.0 Å². The summed E-state index contributed by atoms with van der Waals surface area (Å²) in [5.41, 5.74) is 7.41. The van der Waals surface area contributed by atoms with E-state index in [1.165, 1.54) is 0 Å². The molecule has 2 aromatic heterocycles. The summed E-state index contributed by atoms with van der Waals surface area (Å²) in [5.74, 6) is 1.32. The normalized spacial score (nSPS) is 13.1. The number of nitrogens with one attached hydrogen (secondary N) is 2. The number of aromatic nitrogens is 3. The lowest BCUT2D eigenvalue weighted by atomic mass is 9.98. The van der Waals surface area contributed by atoms with E-state index in [1.807, 2.05) is 50.4 Å². The zero-order valence-corrected chi connectivity index (χ0v) is 32.6. The van der Waals surface area contributed by atoms with E-state index in [4.69, 9.17) is 24.0 Å². The monoisotopic (exact) mass is 793 g/mol. The molecule has 7 rings (SSSR count). The number of benzene rings is 4. The lowest BCUT2D eigenvalue weighted by molar-refractivity contribution is 0.0512. The molecule has 0 amide bonds. The van der Waals surface area contributed by atoms with Gasteiger partial charge in [0.25, 0.3) is 0 Å². The van der Waals surface area contributed by atoms with Gasteiger partial charge in [-0.1, -0.05) is 70.5 Å². The Morgan fingerprint density at radius 2 is 1.72 bits per heavy atom. The van der Waals surface area contributed by atoms with Crippen LogP contribution in [0, 0.1) is 0 Å². The molecule has 11 heteroatoms. The smallest absolute Gasteiger partial charge is 0.355 e. The molecule has 0 radical (unpaired) electrons. The lowest BCUT2D eigenvalue weighted by Crippen LogP contribution is -2.36. The van der Waals surface area contributed by atoms with Crippen LogP contribution in [0.3, 0.4) is 0 Å². The minimum Gasteiger partial charge on any atom is -0.493 e. The van der Waals surface area contributed by atoms with Crippen molar-refractivity contribution < 1.29 is 23.7 Å². The van der Waals surface area contributed by atoms with Gasteiger partial charge in [0.05, 0.1) is 37.6 Å². The summed E-state index contributed by atoms with van der Waals surface area (Å²) >= 11 is 3.71. The van der Waals surface area contributed by atoms with Gasteiger partial charge in [-0.15, -0.1) is 0 Å². The number of carbonyl (C=O) groups is 1. The number of para-hydroxylation sites is 1. The SMILES string of the molecule is CCOC(=O)c1c(CCCOc2cccc3ccccc23)c2cccc(-c3c(COc4ccc(N5CCOCC5)cc4)n[nH]c3CBr)c2n1CCCNC. The first-order chi connectivity index (χ1) is 26.6. The average Bonchev–Trinajstić information content (AvgIpc) is 3.78. The predicted molar refractivity (Wildman–Crippen MR) is 218 cm³/mol. The highest BCUT2D eigenvalue weighted by Crippen LogP contribution is 2.39. The molecule has 1 fully saturated rings. The molecule has 6 aromatic rings. The molecule has 1 aliphatic heterocycles. The van der Waals surface area contributed by atoms with Crippen molar-refractivity contribution in [2.45, 2.75) is 44.7 Å². The van der Waals surface area contributed by atoms with Crippen LogP contribution in [0.15, 0.2) is 84.9 Å². The fraction of sp³-hybridized carbons (Fsp3) is 0.349. The number of morpholine rings is 1. The van der Waals surface area contributed by atoms with Crippen molar-refractivity contribution >= 4 is 49.3 Å². The first-order valence-corrected chi connectivity index (χ1v) is 20.0. The largest absolute Gasteiger partial charge is 0.493 e. The number of aryl methyl sites for hydroxylation is 2. The highest BCUT2D eigenvalue weighted by Gasteiger charge is 2.27. The maximum atomic E-state index is 13.9. The first-order valence-electron chi connectivity index (χ1n) is 18.9. The highest BCUT2D eigenvalue weighted by molar-refractivity contribution is 9.08. The summed E-state index contributed by atoms with van der Waals surface area (Å²) in [6.07, 6.45) is 2.19. The molecule has 54 heavy (non-hydrogen) atoms. The summed E-state index contributed by atoms with van der Waals surface area (Å²) in [6.45, 7) is 7.61. The topological polar surface area (TPSA) is 103 Å². The second-order valence-corrected chi connectivity index (χ2v) is 13.9. The number of anilines is 1. The number of esters is 1. The molecule has 0 bridgehead atoms. The number of hydrogen-bond acceptors (Lipinski definition) is 8. The number of carbonyl (C=O) groups excluding carboxylic acids is 1. The maximum absolute atomic E-state index is 13.9. The fourth-order valence-corrected chi connectivity index (χ4v) is 7.83. The third-order valence-corrected chi connectivity index (χ3v) is 10.5. The van der Waals surface area contributed by atoms with E-state index in [9.17, 15) is 4.79 Å². The molecule has 0 saturated carbocycles. The molecule has 0 unspecified atom stereocenters. The molecule has 4 aromatic carbocycles. The number of hydrogen-bond donors (Lipinski definition) is 2. The van der Waals surface area contributed by atoms with Crippen LogP contribution in [0.4, 0.5) is 5.69 Å². The van der Waals surface area contributed by atoms with Crippen molar-refractivity contribution in [3.8, 4) is 22.6 Å². The van der Waals surface area contributed by atoms with Crippen LogP contribution in [0.1, 0.15) is 47.2 Å². The van der Waals surface area contributed by atoms with Gasteiger partial charge in [0.2, 0.25) is 0 Å². The Kier molecular flexibility index (Phi) is 12.5. The summed E-state index contributed by atoms with van der Waals surface area (Å²) < 4.78 is 26.1.